The van der Waals surface area contributed by atoms with Crippen LogP contribution in [-0.2, 0) is 7.05 Å². The van der Waals surface area contributed by atoms with Crippen LogP contribution in [0.3, 0.4) is 0 Å². The number of benzene rings is 2. The lowest BCUT2D eigenvalue weighted by atomic mass is 10.1. The zero-order valence-corrected chi connectivity index (χ0v) is 16.2. The van der Waals surface area contributed by atoms with Gasteiger partial charge in [-0.2, -0.15) is 5.10 Å². The van der Waals surface area contributed by atoms with Crippen LogP contribution in [-0.4, -0.2) is 55.8 Å². The number of hydrogen-bond acceptors (Lipinski definition) is 5. The molecule has 1 aliphatic rings. The molecule has 0 radical (unpaired) electrons. The maximum Gasteiger partial charge on any atom is 0.254 e. The zero-order chi connectivity index (χ0) is 20.0. The lowest BCUT2D eigenvalue weighted by Gasteiger charge is -2.38. The average Bonchev–Trinajstić information content (AvgIpc) is 3.30. The molecule has 5 rings (SSSR count). The molecular formula is C21H20N6O2. The number of ether oxygens (including phenoxy) is 1. The summed E-state index contributed by atoms with van der Waals surface area (Å²) in [6.07, 6.45) is 1.94. The minimum absolute atomic E-state index is 0.00355. The van der Waals surface area contributed by atoms with Crippen LogP contribution >= 0.6 is 0 Å². The van der Waals surface area contributed by atoms with Crippen LogP contribution in [0.2, 0.25) is 0 Å². The molecule has 8 nitrogen and oxygen atoms in total. The Kier molecular flexibility index (Phi) is 4.04. The summed E-state index contributed by atoms with van der Waals surface area (Å²) in [4.78, 5) is 14.7. The maximum atomic E-state index is 12.9. The van der Waals surface area contributed by atoms with Gasteiger partial charge < -0.3 is 9.64 Å². The van der Waals surface area contributed by atoms with Gasteiger partial charge in [0.05, 0.1) is 30.3 Å². The molecule has 1 aliphatic heterocycles. The molecule has 0 bridgehead atoms. The molecule has 146 valence electrons. The fraction of sp³-hybridized carbons (Fsp3) is 0.238. The monoisotopic (exact) mass is 388 g/mol. The van der Waals surface area contributed by atoms with Crippen LogP contribution in [0.5, 0.6) is 5.88 Å². The highest BCUT2D eigenvalue weighted by Crippen LogP contribution is 2.28. The van der Waals surface area contributed by atoms with Crippen molar-refractivity contribution in [1.82, 2.24) is 29.7 Å². The van der Waals surface area contributed by atoms with Crippen molar-refractivity contribution in [3.8, 4) is 17.1 Å². The van der Waals surface area contributed by atoms with Gasteiger partial charge in [-0.15, -0.1) is 5.10 Å². The van der Waals surface area contributed by atoms with E-state index in [1.165, 1.54) is 0 Å². The van der Waals surface area contributed by atoms with Crippen molar-refractivity contribution in [2.24, 2.45) is 7.05 Å². The fourth-order valence-corrected chi connectivity index (χ4v) is 3.72. The molecule has 1 fully saturated rings. The highest BCUT2D eigenvalue weighted by Gasteiger charge is 2.33. The van der Waals surface area contributed by atoms with Crippen molar-refractivity contribution < 1.29 is 9.53 Å². The molecule has 1 amide bonds. The number of likely N-dealkylation sites (tertiary alicyclic amines) is 1. The molecule has 0 saturated carbocycles. The molecule has 8 heteroatoms. The smallest absolute Gasteiger partial charge is 0.254 e. The fourth-order valence-electron chi connectivity index (χ4n) is 3.72. The lowest BCUT2D eigenvalue weighted by molar-refractivity contribution is 0.0498. The van der Waals surface area contributed by atoms with Crippen LogP contribution in [0.25, 0.3) is 22.2 Å². The first-order valence-electron chi connectivity index (χ1n) is 9.41. The Hall–Kier alpha value is -3.68. The summed E-state index contributed by atoms with van der Waals surface area (Å²) in [5, 5.41) is 13.8. The third-order valence-corrected chi connectivity index (χ3v) is 5.32. The lowest BCUT2D eigenvalue weighted by Crippen LogP contribution is -2.50. The Labute approximate surface area is 167 Å². The number of hydrogen-bond donors (Lipinski definition) is 0. The van der Waals surface area contributed by atoms with E-state index in [9.17, 15) is 4.79 Å². The van der Waals surface area contributed by atoms with Gasteiger partial charge in [-0.05, 0) is 18.2 Å². The Morgan fingerprint density at radius 3 is 2.69 bits per heavy atom. The average molecular weight is 388 g/mol. The van der Waals surface area contributed by atoms with Gasteiger partial charge in [0.15, 0.2) is 0 Å². The first-order valence-corrected chi connectivity index (χ1v) is 9.41. The van der Waals surface area contributed by atoms with Crippen LogP contribution in [0, 0.1) is 0 Å². The number of rotatable bonds is 4. The van der Waals surface area contributed by atoms with E-state index in [0.29, 0.717) is 24.5 Å². The van der Waals surface area contributed by atoms with E-state index in [1.807, 2.05) is 71.4 Å². The summed E-state index contributed by atoms with van der Waals surface area (Å²) in [6.45, 7) is 1.22. The van der Waals surface area contributed by atoms with Crippen molar-refractivity contribution in [1.29, 1.82) is 0 Å². The number of nitrogens with zero attached hydrogens (tertiary/aromatic N) is 6. The standard InChI is InChI=1S/C21H20N6O2/c1-25-21(29-2)17-9-8-15(10-18(17)23-25)20(28)26-11-16(12-26)27-13-19(22-24-27)14-6-4-3-5-7-14/h3-10,13,16H,11-12H2,1-2H3. The predicted octanol–water partition coefficient (Wildman–Crippen LogP) is 2.54. The number of amides is 1. The molecule has 4 aromatic rings. The summed E-state index contributed by atoms with van der Waals surface area (Å²) in [5.74, 6) is 0.680. The predicted molar refractivity (Wildman–Crippen MR) is 108 cm³/mol. The van der Waals surface area contributed by atoms with E-state index >= 15 is 0 Å². The molecular weight excluding hydrogens is 368 g/mol. The maximum absolute atomic E-state index is 12.9. The number of carbonyl (C=O) groups excluding carboxylic acids is 1. The number of aryl methyl sites for hydroxylation is 1. The summed E-state index contributed by atoms with van der Waals surface area (Å²) in [5.41, 5.74) is 3.24. The topological polar surface area (TPSA) is 78.1 Å². The summed E-state index contributed by atoms with van der Waals surface area (Å²) >= 11 is 0. The van der Waals surface area contributed by atoms with Crippen LogP contribution in [0.1, 0.15) is 16.4 Å². The van der Waals surface area contributed by atoms with Gasteiger partial charge in [-0.3, -0.25) is 4.79 Å². The van der Waals surface area contributed by atoms with Crippen molar-refractivity contribution in [2.45, 2.75) is 6.04 Å². The van der Waals surface area contributed by atoms with Gasteiger partial charge in [0, 0.05) is 31.3 Å². The molecule has 0 spiro atoms. The SMILES string of the molecule is COc1c2ccc(C(=O)N3CC(n4cc(-c5ccccc5)nn4)C3)cc2nn1C. The zero-order valence-electron chi connectivity index (χ0n) is 16.2. The first-order chi connectivity index (χ1) is 14.1. The van der Waals surface area contributed by atoms with Gasteiger partial charge >= 0.3 is 0 Å². The number of carbonyl (C=O) groups is 1. The van der Waals surface area contributed by atoms with Crippen molar-refractivity contribution in [2.75, 3.05) is 20.2 Å². The third-order valence-electron chi connectivity index (χ3n) is 5.32. The van der Waals surface area contributed by atoms with Crippen molar-refractivity contribution in [3.05, 3.63) is 60.3 Å². The van der Waals surface area contributed by atoms with Crippen LogP contribution in [0.4, 0.5) is 0 Å². The number of aromatic nitrogens is 5. The first kappa shape index (κ1) is 17.4. The Balaban J connectivity index is 1.29. The number of fused-ring (bicyclic) bond motifs is 1. The van der Waals surface area contributed by atoms with Gasteiger partial charge in [0.1, 0.15) is 5.69 Å². The van der Waals surface area contributed by atoms with Crippen molar-refractivity contribution >= 4 is 16.8 Å². The Morgan fingerprint density at radius 1 is 1.14 bits per heavy atom. The second kappa shape index (κ2) is 6.73. The molecule has 1 saturated heterocycles. The highest BCUT2D eigenvalue weighted by molar-refractivity contribution is 5.99. The normalized spacial score (nSPS) is 14.2. The second-order valence-electron chi connectivity index (χ2n) is 7.18. The van der Waals surface area contributed by atoms with Gasteiger partial charge in [0.25, 0.3) is 5.91 Å². The minimum Gasteiger partial charge on any atom is -0.481 e. The second-order valence-corrected chi connectivity index (χ2v) is 7.18. The van der Waals surface area contributed by atoms with Gasteiger partial charge in [-0.1, -0.05) is 35.5 Å². The molecule has 2 aromatic carbocycles. The third kappa shape index (κ3) is 2.93. The molecule has 0 aliphatic carbocycles. The van der Waals surface area contributed by atoms with E-state index in [0.717, 1.165) is 22.2 Å². The van der Waals surface area contributed by atoms with E-state index in [1.54, 1.807) is 11.8 Å². The molecule has 2 aromatic heterocycles. The summed E-state index contributed by atoms with van der Waals surface area (Å²) in [7, 11) is 3.44. The largest absolute Gasteiger partial charge is 0.481 e. The Bertz CT molecular complexity index is 1190. The van der Waals surface area contributed by atoms with E-state index in [4.69, 9.17) is 4.74 Å². The van der Waals surface area contributed by atoms with E-state index in [2.05, 4.69) is 15.4 Å². The molecule has 0 atom stereocenters. The van der Waals surface area contributed by atoms with E-state index in [-0.39, 0.29) is 11.9 Å². The molecule has 3 heterocycles. The molecule has 0 unspecified atom stereocenters. The van der Waals surface area contributed by atoms with Crippen molar-refractivity contribution in [3.63, 3.8) is 0 Å². The minimum atomic E-state index is -0.00355. The number of methoxy groups -OCH3 is 1. The molecule has 0 N–H and O–H groups in total. The van der Waals surface area contributed by atoms with Gasteiger partial charge in [0.2, 0.25) is 5.88 Å². The summed E-state index contributed by atoms with van der Waals surface area (Å²) < 4.78 is 8.89. The molecule has 29 heavy (non-hydrogen) atoms. The summed E-state index contributed by atoms with van der Waals surface area (Å²) in [6, 6.07) is 15.6. The van der Waals surface area contributed by atoms with Gasteiger partial charge in [-0.25, -0.2) is 9.36 Å². The van der Waals surface area contributed by atoms with Crippen LogP contribution in [0.15, 0.2) is 54.7 Å². The highest BCUT2D eigenvalue weighted by atomic mass is 16.5. The van der Waals surface area contributed by atoms with Crippen LogP contribution < -0.4 is 4.74 Å². The van der Waals surface area contributed by atoms with E-state index < -0.39 is 0 Å². The Morgan fingerprint density at radius 2 is 1.93 bits per heavy atom. The quantitative estimate of drug-likeness (QED) is 0.537.